The lowest BCUT2D eigenvalue weighted by molar-refractivity contribution is -0.144. The molecular weight excluding hydrogens is 410 g/mol. The molecule has 1 aromatic carbocycles. The average Bonchev–Trinajstić information content (AvgIpc) is 3.08. The number of ketones is 1. The summed E-state index contributed by atoms with van der Waals surface area (Å²) in [5.74, 6) is -0.226. The number of benzene rings is 1. The van der Waals surface area contributed by atoms with E-state index in [-0.39, 0.29) is 35.5 Å². The van der Waals surface area contributed by atoms with Crippen LogP contribution in [0.5, 0.6) is 0 Å². The fourth-order valence-corrected chi connectivity index (χ4v) is 6.31. The van der Waals surface area contributed by atoms with Crippen LogP contribution >= 0.6 is 0 Å². The molecule has 4 heteroatoms. The summed E-state index contributed by atoms with van der Waals surface area (Å²) < 4.78 is 0. The third-order valence-corrected chi connectivity index (χ3v) is 8.18. The summed E-state index contributed by atoms with van der Waals surface area (Å²) in [7, 11) is 0. The van der Waals surface area contributed by atoms with Gasteiger partial charge in [0, 0.05) is 17.9 Å². The van der Waals surface area contributed by atoms with Crippen LogP contribution in [-0.4, -0.2) is 28.9 Å². The largest absolute Gasteiger partial charge is 0.389 e. The molecule has 2 N–H and O–H groups in total. The van der Waals surface area contributed by atoms with Crippen molar-refractivity contribution in [3.05, 3.63) is 72.4 Å². The van der Waals surface area contributed by atoms with Gasteiger partial charge in [-0.3, -0.25) is 9.59 Å². The molecule has 176 valence electrons. The molecule has 1 aromatic rings. The number of aliphatic hydroxyl groups excluding tert-OH is 1. The van der Waals surface area contributed by atoms with E-state index in [0.717, 1.165) is 30.4 Å². The molecule has 4 rings (SSSR count). The topological polar surface area (TPSA) is 66.4 Å². The van der Waals surface area contributed by atoms with Gasteiger partial charge in [-0.05, 0) is 49.2 Å². The van der Waals surface area contributed by atoms with Gasteiger partial charge in [-0.15, -0.1) is 0 Å². The number of allylic oxidation sites excluding steroid dienone is 4. The summed E-state index contributed by atoms with van der Waals surface area (Å²) in [6.07, 6.45) is 11.5. The SMILES string of the molecule is C=C1CC2/C=C/C[C@H](C)CCC[C@@H](O)/C=C/C(=O)[C@]23C(=O)N[C@@H](Cc2ccccc2)C3[C@@H]1C. The lowest BCUT2D eigenvalue weighted by Gasteiger charge is -2.46. The van der Waals surface area contributed by atoms with Gasteiger partial charge in [0.2, 0.25) is 5.91 Å². The number of rotatable bonds is 2. The third-order valence-electron chi connectivity index (χ3n) is 8.18. The van der Waals surface area contributed by atoms with Gasteiger partial charge < -0.3 is 10.4 Å². The number of carbonyl (C=O) groups excluding carboxylic acids is 2. The first-order valence-corrected chi connectivity index (χ1v) is 12.4. The highest BCUT2D eigenvalue weighted by atomic mass is 16.3. The second kappa shape index (κ2) is 9.80. The first kappa shape index (κ1) is 23.7. The van der Waals surface area contributed by atoms with Gasteiger partial charge in [-0.25, -0.2) is 0 Å². The van der Waals surface area contributed by atoms with Crippen LogP contribution in [0, 0.1) is 29.1 Å². The number of carbonyl (C=O) groups is 2. The quantitative estimate of drug-likeness (QED) is 0.506. The molecule has 2 fully saturated rings. The standard InChI is InChI=1S/C29H37NO3/c1-19-9-7-13-23-17-20(2)21(3)27-25(18-22-11-5-4-6-12-22)30-28(33)29(23,27)26(32)16-15-24(31)14-8-10-19/h4-7,11-13,15-16,19,21,23-25,27,31H,2,8-10,14,17-18H2,1,3H3,(H,30,33)/b13-7+,16-15+/t19-,21+,23?,24+,25-,27?,29+/m0/s1. The van der Waals surface area contributed by atoms with Crippen molar-refractivity contribution in [1.82, 2.24) is 5.32 Å². The molecule has 1 saturated heterocycles. The van der Waals surface area contributed by atoms with Crippen molar-refractivity contribution < 1.29 is 14.7 Å². The minimum Gasteiger partial charge on any atom is -0.389 e. The molecule has 4 nitrogen and oxygen atoms in total. The fourth-order valence-electron chi connectivity index (χ4n) is 6.31. The minimum atomic E-state index is -1.16. The maximum absolute atomic E-state index is 13.9. The summed E-state index contributed by atoms with van der Waals surface area (Å²) in [6.45, 7) is 8.70. The Hall–Kier alpha value is -2.46. The highest BCUT2D eigenvalue weighted by Gasteiger charge is 2.65. The highest BCUT2D eigenvalue weighted by Crippen LogP contribution is 2.56. The third kappa shape index (κ3) is 4.50. The minimum absolute atomic E-state index is 0.0409. The van der Waals surface area contributed by atoms with Crippen molar-refractivity contribution in [2.75, 3.05) is 0 Å². The maximum atomic E-state index is 13.9. The average molecular weight is 448 g/mol. The summed E-state index contributed by atoms with van der Waals surface area (Å²) in [6, 6.07) is 10.00. The van der Waals surface area contributed by atoms with Crippen LogP contribution in [0.4, 0.5) is 0 Å². The van der Waals surface area contributed by atoms with E-state index in [1.54, 1.807) is 6.08 Å². The van der Waals surface area contributed by atoms with Crippen LogP contribution in [0.15, 0.2) is 66.8 Å². The Balaban J connectivity index is 1.79. The van der Waals surface area contributed by atoms with E-state index < -0.39 is 11.5 Å². The number of hydrogen-bond acceptors (Lipinski definition) is 3. The number of amides is 1. The Bertz CT molecular complexity index is 949. The molecule has 7 atom stereocenters. The van der Waals surface area contributed by atoms with E-state index in [9.17, 15) is 14.7 Å². The normalized spacial score (nSPS) is 39.3. The van der Waals surface area contributed by atoms with Crippen LogP contribution in [0.1, 0.15) is 51.5 Å². The zero-order chi connectivity index (χ0) is 23.6. The van der Waals surface area contributed by atoms with E-state index in [2.05, 4.69) is 50.0 Å². The number of nitrogens with one attached hydrogen (secondary N) is 1. The van der Waals surface area contributed by atoms with Gasteiger partial charge in [0.1, 0.15) is 5.41 Å². The van der Waals surface area contributed by atoms with Gasteiger partial charge >= 0.3 is 0 Å². The number of aliphatic hydroxyl groups is 1. The van der Waals surface area contributed by atoms with Crippen LogP contribution in [-0.2, 0) is 16.0 Å². The smallest absolute Gasteiger partial charge is 0.235 e. The molecule has 0 radical (unpaired) electrons. The lowest BCUT2D eigenvalue weighted by atomic mass is 9.53. The van der Waals surface area contributed by atoms with Gasteiger partial charge in [0.15, 0.2) is 5.78 Å². The molecular formula is C29H37NO3. The van der Waals surface area contributed by atoms with Gasteiger partial charge in [-0.2, -0.15) is 0 Å². The van der Waals surface area contributed by atoms with E-state index >= 15 is 0 Å². The van der Waals surface area contributed by atoms with E-state index in [1.807, 2.05) is 18.2 Å². The molecule has 2 unspecified atom stereocenters. The van der Waals surface area contributed by atoms with Crippen molar-refractivity contribution in [2.24, 2.45) is 29.1 Å². The summed E-state index contributed by atoms with van der Waals surface area (Å²) in [5.41, 5.74) is 1.09. The van der Waals surface area contributed by atoms with E-state index in [1.165, 1.54) is 6.08 Å². The van der Waals surface area contributed by atoms with Crippen molar-refractivity contribution in [3.63, 3.8) is 0 Å². The summed E-state index contributed by atoms with van der Waals surface area (Å²) in [4.78, 5) is 27.7. The van der Waals surface area contributed by atoms with Gasteiger partial charge in [0.25, 0.3) is 0 Å². The molecule has 1 spiro atoms. The molecule has 1 aliphatic heterocycles. The second-order valence-corrected chi connectivity index (χ2v) is 10.4. The molecule has 1 heterocycles. The molecule has 2 aliphatic carbocycles. The molecule has 0 aromatic heterocycles. The van der Waals surface area contributed by atoms with E-state index in [4.69, 9.17) is 0 Å². The number of hydrogen-bond donors (Lipinski definition) is 2. The van der Waals surface area contributed by atoms with Crippen molar-refractivity contribution in [1.29, 1.82) is 0 Å². The maximum Gasteiger partial charge on any atom is 0.235 e. The summed E-state index contributed by atoms with van der Waals surface area (Å²) in [5, 5.41) is 13.7. The molecule has 1 amide bonds. The molecule has 3 aliphatic rings. The Morgan fingerprint density at radius 3 is 2.64 bits per heavy atom. The predicted molar refractivity (Wildman–Crippen MR) is 131 cm³/mol. The second-order valence-electron chi connectivity index (χ2n) is 10.4. The van der Waals surface area contributed by atoms with Gasteiger partial charge in [-0.1, -0.05) is 87.4 Å². The van der Waals surface area contributed by atoms with Gasteiger partial charge in [0.05, 0.1) is 6.10 Å². The first-order valence-electron chi connectivity index (χ1n) is 12.4. The Labute approximate surface area is 197 Å². The predicted octanol–water partition coefficient (Wildman–Crippen LogP) is 4.79. The lowest BCUT2D eigenvalue weighted by Crippen LogP contribution is -2.53. The molecule has 1 saturated carbocycles. The fraction of sp³-hybridized carbons (Fsp3) is 0.517. The Morgan fingerprint density at radius 1 is 1.12 bits per heavy atom. The van der Waals surface area contributed by atoms with Crippen LogP contribution in [0.25, 0.3) is 0 Å². The first-order chi connectivity index (χ1) is 15.8. The van der Waals surface area contributed by atoms with Crippen molar-refractivity contribution in [3.8, 4) is 0 Å². The van der Waals surface area contributed by atoms with Crippen molar-refractivity contribution >= 4 is 11.7 Å². The van der Waals surface area contributed by atoms with Crippen LogP contribution in [0.3, 0.4) is 0 Å². The zero-order valence-corrected chi connectivity index (χ0v) is 19.9. The van der Waals surface area contributed by atoms with Crippen LogP contribution < -0.4 is 5.32 Å². The summed E-state index contributed by atoms with van der Waals surface area (Å²) >= 11 is 0. The molecule has 33 heavy (non-hydrogen) atoms. The molecule has 0 bridgehead atoms. The van der Waals surface area contributed by atoms with Crippen molar-refractivity contribution in [2.45, 2.75) is 64.5 Å². The zero-order valence-electron chi connectivity index (χ0n) is 19.9. The monoisotopic (exact) mass is 447 g/mol. The highest BCUT2D eigenvalue weighted by molar-refractivity contribution is 6.13. The van der Waals surface area contributed by atoms with Crippen LogP contribution in [0.2, 0.25) is 0 Å². The van der Waals surface area contributed by atoms with E-state index in [0.29, 0.717) is 25.2 Å². The Kier molecular flexibility index (Phi) is 7.04. The Morgan fingerprint density at radius 2 is 1.88 bits per heavy atom.